The van der Waals surface area contributed by atoms with Crippen LogP contribution in [0.3, 0.4) is 0 Å². The Morgan fingerprint density at radius 2 is 2.05 bits per heavy atom. The summed E-state index contributed by atoms with van der Waals surface area (Å²) in [5, 5.41) is 8.08. The van der Waals surface area contributed by atoms with Gasteiger partial charge in [0.2, 0.25) is 11.8 Å². The highest BCUT2D eigenvalue weighted by Crippen LogP contribution is 2.22. The lowest BCUT2D eigenvalue weighted by molar-refractivity contribution is -0.130. The van der Waals surface area contributed by atoms with Crippen molar-refractivity contribution in [3.8, 4) is 0 Å². The quantitative estimate of drug-likeness (QED) is 0.905. The van der Waals surface area contributed by atoms with Gasteiger partial charge in [0, 0.05) is 25.9 Å². The molecule has 0 fully saturated rings. The van der Waals surface area contributed by atoms with Gasteiger partial charge in [-0.15, -0.1) is 0 Å². The van der Waals surface area contributed by atoms with Crippen molar-refractivity contribution < 1.29 is 9.59 Å². The van der Waals surface area contributed by atoms with Gasteiger partial charge in [-0.1, -0.05) is 23.7 Å². The maximum Gasteiger partial charge on any atom is 0.241 e. The second kappa shape index (κ2) is 6.58. The smallest absolute Gasteiger partial charge is 0.241 e. The molecule has 7 heteroatoms. The van der Waals surface area contributed by atoms with Crippen LogP contribution in [0.1, 0.15) is 6.42 Å². The Bertz CT molecular complexity index is 666. The molecule has 0 saturated carbocycles. The SMILES string of the molecule is CN(C)C(=O)CNC(=O)CCn1nc(Cl)c2ccccc21. The minimum absolute atomic E-state index is 0.00639. The molecule has 0 bridgehead atoms. The van der Waals surface area contributed by atoms with Gasteiger partial charge in [0.15, 0.2) is 5.15 Å². The fourth-order valence-corrected chi connectivity index (χ4v) is 2.14. The van der Waals surface area contributed by atoms with Crippen LogP contribution < -0.4 is 5.32 Å². The third-order valence-electron chi connectivity index (χ3n) is 3.10. The van der Waals surface area contributed by atoms with Crippen molar-refractivity contribution >= 4 is 34.3 Å². The first-order valence-electron chi connectivity index (χ1n) is 6.57. The Morgan fingerprint density at radius 3 is 2.76 bits per heavy atom. The molecule has 0 atom stereocenters. The molecular formula is C14H17ClN4O2. The molecule has 0 aliphatic heterocycles. The predicted octanol–water partition coefficient (Wildman–Crippen LogP) is 1.28. The number of hydrogen-bond acceptors (Lipinski definition) is 3. The maximum absolute atomic E-state index is 11.7. The Kier molecular flexibility index (Phi) is 4.80. The van der Waals surface area contributed by atoms with Crippen LogP contribution in [0.15, 0.2) is 24.3 Å². The Hall–Kier alpha value is -2.08. The van der Waals surface area contributed by atoms with E-state index < -0.39 is 0 Å². The van der Waals surface area contributed by atoms with Crippen molar-refractivity contribution in [1.29, 1.82) is 0 Å². The molecule has 0 saturated heterocycles. The minimum Gasteiger partial charge on any atom is -0.347 e. The van der Waals surface area contributed by atoms with Crippen LogP contribution in [0.25, 0.3) is 10.9 Å². The van der Waals surface area contributed by atoms with Crippen LogP contribution >= 0.6 is 11.6 Å². The van der Waals surface area contributed by atoms with E-state index in [4.69, 9.17) is 11.6 Å². The van der Waals surface area contributed by atoms with E-state index in [2.05, 4.69) is 10.4 Å². The summed E-state index contributed by atoms with van der Waals surface area (Å²) < 4.78 is 1.70. The van der Waals surface area contributed by atoms with Gasteiger partial charge in [0.05, 0.1) is 18.6 Å². The van der Waals surface area contributed by atoms with E-state index in [0.717, 1.165) is 10.9 Å². The number of benzene rings is 1. The summed E-state index contributed by atoms with van der Waals surface area (Å²) in [5.41, 5.74) is 0.889. The maximum atomic E-state index is 11.7. The van der Waals surface area contributed by atoms with Gasteiger partial charge in [0.25, 0.3) is 0 Å². The third-order valence-corrected chi connectivity index (χ3v) is 3.38. The van der Waals surface area contributed by atoms with Crippen LogP contribution in [-0.2, 0) is 16.1 Å². The highest BCUT2D eigenvalue weighted by atomic mass is 35.5. The molecule has 1 N–H and O–H groups in total. The molecule has 0 radical (unpaired) electrons. The third kappa shape index (κ3) is 3.72. The number of carbonyl (C=O) groups excluding carboxylic acids is 2. The summed E-state index contributed by atoms with van der Waals surface area (Å²) >= 11 is 6.05. The van der Waals surface area contributed by atoms with Crippen molar-refractivity contribution in [1.82, 2.24) is 20.0 Å². The number of aryl methyl sites for hydroxylation is 1. The zero-order chi connectivity index (χ0) is 15.4. The van der Waals surface area contributed by atoms with Crippen molar-refractivity contribution in [3.63, 3.8) is 0 Å². The molecule has 1 aromatic carbocycles. The largest absolute Gasteiger partial charge is 0.347 e. The van der Waals surface area contributed by atoms with Crippen LogP contribution in [0, 0.1) is 0 Å². The summed E-state index contributed by atoms with van der Waals surface area (Å²) in [6, 6.07) is 7.57. The van der Waals surface area contributed by atoms with E-state index in [1.165, 1.54) is 4.90 Å². The predicted molar refractivity (Wildman–Crippen MR) is 81.1 cm³/mol. The molecule has 0 spiro atoms. The molecule has 2 aromatic rings. The summed E-state index contributed by atoms with van der Waals surface area (Å²) in [6.07, 6.45) is 0.239. The number of rotatable bonds is 5. The number of para-hydroxylation sites is 1. The van der Waals surface area contributed by atoms with Gasteiger partial charge >= 0.3 is 0 Å². The average Bonchev–Trinajstić information content (AvgIpc) is 2.79. The number of carbonyl (C=O) groups is 2. The summed E-state index contributed by atoms with van der Waals surface area (Å²) in [5.74, 6) is -0.336. The molecule has 112 valence electrons. The van der Waals surface area contributed by atoms with Crippen LogP contribution in [-0.4, -0.2) is 47.1 Å². The molecule has 1 heterocycles. The van der Waals surface area contributed by atoms with Crippen molar-refractivity contribution in [3.05, 3.63) is 29.4 Å². The van der Waals surface area contributed by atoms with E-state index in [1.54, 1.807) is 18.8 Å². The number of hydrogen-bond donors (Lipinski definition) is 1. The first kappa shape index (κ1) is 15.3. The van der Waals surface area contributed by atoms with E-state index in [-0.39, 0.29) is 24.8 Å². The molecule has 0 aliphatic rings. The van der Waals surface area contributed by atoms with Gasteiger partial charge in [-0.2, -0.15) is 5.10 Å². The van der Waals surface area contributed by atoms with Gasteiger partial charge in [-0.25, -0.2) is 0 Å². The van der Waals surface area contributed by atoms with E-state index in [1.807, 2.05) is 24.3 Å². The van der Waals surface area contributed by atoms with Crippen molar-refractivity contribution in [2.75, 3.05) is 20.6 Å². The summed E-state index contributed by atoms with van der Waals surface area (Å²) in [6.45, 7) is 0.418. The van der Waals surface area contributed by atoms with Gasteiger partial charge < -0.3 is 10.2 Å². The fourth-order valence-electron chi connectivity index (χ4n) is 1.89. The lowest BCUT2D eigenvalue weighted by Crippen LogP contribution is -2.36. The molecular weight excluding hydrogens is 292 g/mol. The number of nitrogens with zero attached hydrogens (tertiary/aromatic N) is 3. The second-order valence-corrected chi connectivity index (χ2v) is 5.20. The topological polar surface area (TPSA) is 67.2 Å². The summed E-state index contributed by atoms with van der Waals surface area (Å²) in [4.78, 5) is 24.5. The zero-order valence-electron chi connectivity index (χ0n) is 12.0. The molecule has 0 aliphatic carbocycles. The van der Waals surface area contributed by atoms with E-state index >= 15 is 0 Å². The zero-order valence-corrected chi connectivity index (χ0v) is 12.7. The number of aromatic nitrogens is 2. The first-order valence-corrected chi connectivity index (χ1v) is 6.94. The van der Waals surface area contributed by atoms with Gasteiger partial charge in [-0.3, -0.25) is 14.3 Å². The second-order valence-electron chi connectivity index (χ2n) is 4.85. The molecule has 21 heavy (non-hydrogen) atoms. The standard InChI is InChI=1S/C14H17ClN4O2/c1-18(2)13(21)9-16-12(20)7-8-19-11-6-4-3-5-10(11)14(15)17-19/h3-6H,7-9H2,1-2H3,(H,16,20). The average molecular weight is 309 g/mol. The molecule has 6 nitrogen and oxygen atoms in total. The molecule has 1 aromatic heterocycles. The fraction of sp³-hybridized carbons (Fsp3) is 0.357. The monoisotopic (exact) mass is 308 g/mol. The normalized spacial score (nSPS) is 10.6. The van der Waals surface area contributed by atoms with Crippen molar-refractivity contribution in [2.24, 2.45) is 0 Å². The highest BCUT2D eigenvalue weighted by Gasteiger charge is 2.10. The summed E-state index contributed by atoms with van der Waals surface area (Å²) in [7, 11) is 3.29. The molecule has 2 rings (SSSR count). The Morgan fingerprint density at radius 1 is 1.33 bits per heavy atom. The number of halogens is 1. The van der Waals surface area contributed by atoms with Crippen molar-refractivity contribution in [2.45, 2.75) is 13.0 Å². The Labute approximate surface area is 127 Å². The lowest BCUT2D eigenvalue weighted by atomic mass is 10.2. The molecule has 0 unspecified atom stereocenters. The first-order chi connectivity index (χ1) is 9.99. The highest BCUT2D eigenvalue weighted by molar-refractivity contribution is 6.34. The lowest BCUT2D eigenvalue weighted by Gasteiger charge is -2.11. The van der Waals surface area contributed by atoms with Gasteiger partial charge in [-0.05, 0) is 12.1 Å². The van der Waals surface area contributed by atoms with E-state index in [0.29, 0.717) is 11.7 Å². The Balaban J connectivity index is 1.93. The number of likely N-dealkylation sites (N-methyl/N-ethyl adjacent to an activating group) is 1. The van der Waals surface area contributed by atoms with Crippen LogP contribution in [0.4, 0.5) is 0 Å². The number of nitrogens with one attached hydrogen (secondary N) is 1. The van der Waals surface area contributed by atoms with Crippen LogP contribution in [0.2, 0.25) is 5.15 Å². The van der Waals surface area contributed by atoms with Crippen LogP contribution in [0.5, 0.6) is 0 Å². The molecule has 2 amide bonds. The number of amides is 2. The minimum atomic E-state index is -0.194. The number of fused-ring (bicyclic) bond motifs is 1. The van der Waals surface area contributed by atoms with Gasteiger partial charge in [0.1, 0.15) is 0 Å². The van der Waals surface area contributed by atoms with E-state index in [9.17, 15) is 9.59 Å².